The first-order valence-corrected chi connectivity index (χ1v) is 10.5. The van der Waals surface area contributed by atoms with Gasteiger partial charge in [0, 0.05) is 26.1 Å². The number of carbonyl (C=O) groups is 2. The maximum atomic E-state index is 12.3. The third-order valence-corrected chi connectivity index (χ3v) is 6.06. The Bertz CT molecular complexity index is 767. The van der Waals surface area contributed by atoms with Crippen molar-refractivity contribution in [1.29, 1.82) is 0 Å². The van der Waals surface area contributed by atoms with E-state index in [9.17, 15) is 18.0 Å². The van der Waals surface area contributed by atoms with Crippen LogP contribution in [0.1, 0.15) is 42.5 Å². The van der Waals surface area contributed by atoms with Crippen LogP contribution in [0.15, 0.2) is 23.1 Å². The average molecular weight is 402 g/mol. The second-order valence-corrected chi connectivity index (χ2v) is 8.44. The minimum absolute atomic E-state index is 0.0234. The van der Waals surface area contributed by atoms with Gasteiger partial charge in [-0.05, 0) is 44.5 Å². The Balaban J connectivity index is 1.91. The van der Waals surface area contributed by atoms with Crippen molar-refractivity contribution in [2.75, 3.05) is 26.7 Å². The van der Waals surface area contributed by atoms with Crippen LogP contribution in [0.2, 0.25) is 5.02 Å². The van der Waals surface area contributed by atoms with E-state index in [1.807, 2.05) is 4.90 Å². The van der Waals surface area contributed by atoms with Crippen LogP contribution in [0.3, 0.4) is 0 Å². The highest BCUT2D eigenvalue weighted by molar-refractivity contribution is 7.89. The molecule has 1 aromatic rings. The maximum absolute atomic E-state index is 12.3. The van der Waals surface area contributed by atoms with Gasteiger partial charge in [-0.2, -0.15) is 0 Å². The molecule has 2 N–H and O–H groups in total. The fourth-order valence-electron chi connectivity index (χ4n) is 2.81. The topological polar surface area (TPSA) is 95.6 Å². The van der Waals surface area contributed by atoms with E-state index in [-0.39, 0.29) is 21.4 Å². The van der Waals surface area contributed by atoms with E-state index in [2.05, 4.69) is 10.0 Å². The number of hydrogen-bond acceptors (Lipinski definition) is 4. The van der Waals surface area contributed by atoms with Crippen molar-refractivity contribution in [3.8, 4) is 0 Å². The summed E-state index contributed by atoms with van der Waals surface area (Å²) in [5.74, 6) is -0.271. The fraction of sp³-hybridized carbons (Fsp3) is 0.529. The van der Waals surface area contributed by atoms with E-state index < -0.39 is 15.9 Å². The predicted molar refractivity (Wildman–Crippen MR) is 99.7 cm³/mol. The molecular formula is C17H24ClN3O4S. The maximum Gasteiger partial charge on any atom is 0.252 e. The fourth-order valence-corrected chi connectivity index (χ4v) is 3.76. The Labute approximate surface area is 159 Å². The zero-order valence-corrected chi connectivity index (χ0v) is 16.3. The molecule has 1 fully saturated rings. The van der Waals surface area contributed by atoms with E-state index in [4.69, 9.17) is 11.6 Å². The number of carbonyl (C=O) groups excluding carboxylic acids is 2. The molecule has 7 nitrogen and oxygen atoms in total. The molecule has 0 saturated carbocycles. The van der Waals surface area contributed by atoms with Crippen LogP contribution in [0.25, 0.3) is 0 Å². The number of sulfonamides is 1. The molecule has 1 aromatic carbocycles. The third kappa shape index (κ3) is 5.43. The molecule has 1 aliphatic rings. The van der Waals surface area contributed by atoms with Crippen LogP contribution < -0.4 is 10.0 Å². The zero-order chi connectivity index (χ0) is 19.2. The van der Waals surface area contributed by atoms with E-state index in [1.54, 1.807) is 0 Å². The Morgan fingerprint density at radius 1 is 1.27 bits per heavy atom. The van der Waals surface area contributed by atoms with E-state index in [0.29, 0.717) is 25.9 Å². The Hall–Kier alpha value is -1.64. The zero-order valence-electron chi connectivity index (χ0n) is 14.8. The predicted octanol–water partition coefficient (Wildman–Crippen LogP) is 1.77. The lowest BCUT2D eigenvalue weighted by Crippen LogP contribution is -2.34. The molecule has 0 aromatic heterocycles. The summed E-state index contributed by atoms with van der Waals surface area (Å²) in [6, 6.07) is 3.98. The van der Waals surface area contributed by atoms with Gasteiger partial charge in [-0.3, -0.25) is 9.59 Å². The van der Waals surface area contributed by atoms with Gasteiger partial charge in [0.2, 0.25) is 15.9 Å². The van der Waals surface area contributed by atoms with Crippen molar-refractivity contribution in [3.05, 3.63) is 28.8 Å². The number of hydrogen-bond donors (Lipinski definition) is 2. The second kappa shape index (κ2) is 9.34. The first kappa shape index (κ1) is 20.7. The summed E-state index contributed by atoms with van der Waals surface area (Å²) in [7, 11) is -2.35. The first-order chi connectivity index (χ1) is 12.3. The van der Waals surface area contributed by atoms with Gasteiger partial charge in [0.05, 0.1) is 15.5 Å². The highest BCUT2D eigenvalue weighted by Crippen LogP contribution is 2.20. The standard InChI is InChI=1S/C17H24ClN3O4S/c1-19-26(24,25)13-7-8-15(18)14(12-13)17(23)20-9-5-11-21-10-4-2-3-6-16(21)22/h7-8,12,19H,2-6,9-11H2,1H3,(H,20,23). The third-order valence-electron chi connectivity index (χ3n) is 4.32. The summed E-state index contributed by atoms with van der Waals surface area (Å²) in [6.45, 7) is 1.74. The lowest BCUT2D eigenvalue weighted by atomic mass is 10.2. The van der Waals surface area contributed by atoms with E-state index >= 15 is 0 Å². The Morgan fingerprint density at radius 3 is 2.77 bits per heavy atom. The summed E-state index contributed by atoms with van der Waals surface area (Å²) < 4.78 is 25.9. The van der Waals surface area contributed by atoms with Gasteiger partial charge in [-0.25, -0.2) is 13.1 Å². The van der Waals surface area contributed by atoms with Crippen molar-refractivity contribution in [2.45, 2.75) is 37.0 Å². The van der Waals surface area contributed by atoms with Crippen LogP contribution in [0.5, 0.6) is 0 Å². The largest absolute Gasteiger partial charge is 0.352 e. The molecule has 0 spiro atoms. The smallest absolute Gasteiger partial charge is 0.252 e. The molecule has 2 amide bonds. The highest BCUT2D eigenvalue weighted by atomic mass is 35.5. The molecule has 0 aliphatic carbocycles. The summed E-state index contributed by atoms with van der Waals surface area (Å²) >= 11 is 6.03. The van der Waals surface area contributed by atoms with Crippen LogP contribution in [0.4, 0.5) is 0 Å². The minimum Gasteiger partial charge on any atom is -0.352 e. The van der Waals surface area contributed by atoms with Gasteiger partial charge in [0.25, 0.3) is 5.91 Å². The Kier molecular flexibility index (Phi) is 7.43. The van der Waals surface area contributed by atoms with Gasteiger partial charge in [-0.1, -0.05) is 18.0 Å². The van der Waals surface area contributed by atoms with Crippen LogP contribution in [-0.4, -0.2) is 51.8 Å². The molecule has 1 saturated heterocycles. The summed E-state index contributed by atoms with van der Waals surface area (Å²) in [5, 5.41) is 2.91. The van der Waals surface area contributed by atoms with Crippen molar-refractivity contribution in [3.63, 3.8) is 0 Å². The lowest BCUT2D eigenvalue weighted by molar-refractivity contribution is -0.130. The normalized spacial score (nSPS) is 15.6. The number of rotatable bonds is 7. The van der Waals surface area contributed by atoms with Crippen LogP contribution in [-0.2, 0) is 14.8 Å². The number of amides is 2. The van der Waals surface area contributed by atoms with Gasteiger partial charge in [0.1, 0.15) is 0 Å². The monoisotopic (exact) mass is 401 g/mol. The van der Waals surface area contributed by atoms with E-state index in [1.165, 1.54) is 25.2 Å². The molecule has 144 valence electrons. The van der Waals surface area contributed by atoms with Gasteiger partial charge in [-0.15, -0.1) is 0 Å². The number of halogens is 1. The van der Waals surface area contributed by atoms with Crippen LogP contribution >= 0.6 is 11.6 Å². The molecule has 26 heavy (non-hydrogen) atoms. The second-order valence-electron chi connectivity index (χ2n) is 6.15. The van der Waals surface area contributed by atoms with Crippen LogP contribution in [0, 0.1) is 0 Å². The number of nitrogens with one attached hydrogen (secondary N) is 2. The SMILES string of the molecule is CNS(=O)(=O)c1ccc(Cl)c(C(=O)NCCCN2CCCCCC2=O)c1. The molecule has 0 unspecified atom stereocenters. The molecule has 1 heterocycles. The van der Waals surface area contributed by atoms with Crippen molar-refractivity contribution >= 4 is 33.4 Å². The Morgan fingerprint density at radius 2 is 2.04 bits per heavy atom. The van der Waals surface area contributed by atoms with E-state index in [0.717, 1.165) is 25.8 Å². The number of nitrogens with zero attached hydrogens (tertiary/aromatic N) is 1. The molecular weight excluding hydrogens is 378 g/mol. The minimum atomic E-state index is -3.65. The van der Waals surface area contributed by atoms with Gasteiger partial charge in [0.15, 0.2) is 0 Å². The lowest BCUT2D eigenvalue weighted by Gasteiger charge is -2.20. The number of likely N-dealkylation sites (tertiary alicyclic amines) is 1. The highest BCUT2D eigenvalue weighted by Gasteiger charge is 2.18. The molecule has 0 radical (unpaired) electrons. The molecule has 1 aliphatic heterocycles. The molecule has 0 bridgehead atoms. The quantitative estimate of drug-likeness (QED) is 0.680. The molecule has 0 atom stereocenters. The summed E-state index contributed by atoms with van der Waals surface area (Å²) in [6.07, 6.45) is 4.25. The van der Waals surface area contributed by atoms with Gasteiger partial charge >= 0.3 is 0 Å². The molecule has 9 heteroatoms. The summed E-state index contributed by atoms with van der Waals surface area (Å²) in [5.41, 5.74) is 0.105. The first-order valence-electron chi connectivity index (χ1n) is 8.64. The van der Waals surface area contributed by atoms with Crippen molar-refractivity contribution in [2.24, 2.45) is 0 Å². The van der Waals surface area contributed by atoms with Gasteiger partial charge < -0.3 is 10.2 Å². The van der Waals surface area contributed by atoms with Crippen molar-refractivity contribution < 1.29 is 18.0 Å². The number of benzene rings is 1. The summed E-state index contributed by atoms with van der Waals surface area (Å²) in [4.78, 5) is 26.1. The average Bonchev–Trinajstić information content (AvgIpc) is 2.83. The molecule has 2 rings (SSSR count). The van der Waals surface area contributed by atoms with Crippen molar-refractivity contribution in [1.82, 2.24) is 14.9 Å².